The molecule has 1 aromatic carbocycles. The first-order chi connectivity index (χ1) is 12.3. The molecule has 0 bridgehead atoms. The van der Waals surface area contributed by atoms with Crippen LogP contribution in [0.2, 0.25) is 5.02 Å². The quantitative estimate of drug-likeness (QED) is 0.561. The first-order valence-electron chi connectivity index (χ1n) is 7.87. The summed E-state index contributed by atoms with van der Waals surface area (Å²) in [5.41, 5.74) is 2.23. The zero-order valence-corrected chi connectivity index (χ0v) is 16.7. The zero-order chi connectivity index (χ0) is 17.5. The molecule has 4 nitrogen and oxygen atoms in total. The Kier molecular flexibility index (Phi) is 8.19. The van der Waals surface area contributed by atoms with E-state index in [-0.39, 0.29) is 12.4 Å². The van der Waals surface area contributed by atoms with E-state index in [1.165, 1.54) is 5.56 Å². The molecular formula is C19H20Cl2N2O2S. The summed E-state index contributed by atoms with van der Waals surface area (Å²) in [6.07, 6.45) is 3.58. The van der Waals surface area contributed by atoms with Crippen molar-refractivity contribution in [1.29, 1.82) is 0 Å². The minimum absolute atomic E-state index is 0. The van der Waals surface area contributed by atoms with Gasteiger partial charge in [-0.15, -0.1) is 23.7 Å². The number of thiophene rings is 1. The fourth-order valence-corrected chi connectivity index (χ4v) is 3.31. The van der Waals surface area contributed by atoms with E-state index >= 15 is 0 Å². The number of methoxy groups -OCH3 is 1. The normalized spacial score (nSPS) is 10.2. The van der Waals surface area contributed by atoms with Crippen molar-refractivity contribution >= 4 is 35.3 Å². The highest BCUT2D eigenvalue weighted by atomic mass is 35.5. The number of halogens is 2. The van der Waals surface area contributed by atoms with Crippen LogP contribution in [0.15, 0.2) is 54.2 Å². The first kappa shape index (κ1) is 20.5. The second-order valence-electron chi connectivity index (χ2n) is 5.44. The molecule has 3 rings (SSSR count). The monoisotopic (exact) mass is 410 g/mol. The highest BCUT2D eigenvalue weighted by Gasteiger charge is 2.12. The molecule has 0 aliphatic heterocycles. The van der Waals surface area contributed by atoms with E-state index in [1.54, 1.807) is 30.8 Å². The van der Waals surface area contributed by atoms with Gasteiger partial charge in [-0.3, -0.25) is 4.98 Å². The van der Waals surface area contributed by atoms with Gasteiger partial charge in [0.15, 0.2) is 11.5 Å². The molecule has 7 heteroatoms. The first-order valence-corrected chi connectivity index (χ1v) is 9.13. The molecule has 0 saturated carbocycles. The number of pyridine rings is 1. The predicted molar refractivity (Wildman–Crippen MR) is 109 cm³/mol. The molecule has 0 unspecified atom stereocenters. The van der Waals surface area contributed by atoms with Crippen LogP contribution in [0, 0.1) is 0 Å². The van der Waals surface area contributed by atoms with Gasteiger partial charge >= 0.3 is 0 Å². The Morgan fingerprint density at radius 1 is 1.12 bits per heavy atom. The van der Waals surface area contributed by atoms with E-state index in [4.69, 9.17) is 21.1 Å². The Morgan fingerprint density at radius 2 is 1.88 bits per heavy atom. The van der Waals surface area contributed by atoms with Gasteiger partial charge < -0.3 is 14.8 Å². The molecule has 0 aliphatic carbocycles. The van der Waals surface area contributed by atoms with Crippen LogP contribution in [0.4, 0.5) is 0 Å². The second kappa shape index (κ2) is 10.4. The highest BCUT2D eigenvalue weighted by molar-refractivity contribution is 7.09. The summed E-state index contributed by atoms with van der Waals surface area (Å²) < 4.78 is 11.3. The minimum atomic E-state index is 0. The van der Waals surface area contributed by atoms with Gasteiger partial charge in [-0.1, -0.05) is 17.7 Å². The van der Waals surface area contributed by atoms with Crippen molar-refractivity contribution < 1.29 is 9.47 Å². The maximum absolute atomic E-state index is 6.41. The molecular weight excluding hydrogens is 391 g/mol. The molecule has 0 atom stereocenters. The molecule has 138 valence electrons. The molecule has 0 radical (unpaired) electrons. The number of aromatic nitrogens is 1. The number of nitrogens with one attached hydrogen (secondary N) is 1. The fraction of sp³-hybridized carbons (Fsp3) is 0.211. The summed E-state index contributed by atoms with van der Waals surface area (Å²) >= 11 is 8.06. The number of hydrogen-bond donors (Lipinski definition) is 1. The Hall–Kier alpha value is -1.79. The summed E-state index contributed by atoms with van der Waals surface area (Å²) in [7, 11) is 1.62. The van der Waals surface area contributed by atoms with Crippen molar-refractivity contribution in [2.24, 2.45) is 0 Å². The number of ether oxygens (including phenoxy) is 2. The van der Waals surface area contributed by atoms with E-state index in [2.05, 4.69) is 10.3 Å². The predicted octanol–water partition coefficient (Wildman–Crippen LogP) is 5.10. The number of nitrogens with zero attached hydrogens (tertiary/aromatic N) is 1. The third-order valence-electron chi connectivity index (χ3n) is 3.64. The lowest BCUT2D eigenvalue weighted by Crippen LogP contribution is -2.13. The van der Waals surface area contributed by atoms with E-state index in [0.29, 0.717) is 29.7 Å². The largest absolute Gasteiger partial charge is 0.493 e. The molecule has 0 saturated heterocycles. The van der Waals surface area contributed by atoms with Crippen LogP contribution in [-0.4, -0.2) is 12.1 Å². The van der Waals surface area contributed by atoms with E-state index < -0.39 is 0 Å². The molecule has 0 aliphatic rings. The maximum atomic E-state index is 6.41. The molecule has 0 amide bonds. The molecule has 0 spiro atoms. The Morgan fingerprint density at radius 3 is 2.58 bits per heavy atom. The molecule has 2 heterocycles. The van der Waals surface area contributed by atoms with Gasteiger partial charge in [0.25, 0.3) is 0 Å². The summed E-state index contributed by atoms with van der Waals surface area (Å²) in [6.45, 7) is 1.93. The summed E-state index contributed by atoms with van der Waals surface area (Å²) in [6, 6.07) is 11.9. The van der Waals surface area contributed by atoms with Gasteiger partial charge in [0.05, 0.1) is 12.1 Å². The lowest BCUT2D eigenvalue weighted by Gasteiger charge is -2.14. The molecule has 0 fully saturated rings. The van der Waals surface area contributed by atoms with Crippen molar-refractivity contribution in [1.82, 2.24) is 10.3 Å². The average Bonchev–Trinajstić information content (AvgIpc) is 3.15. The highest BCUT2D eigenvalue weighted by Crippen LogP contribution is 2.37. The Balaban J connectivity index is 0.00000243. The topological polar surface area (TPSA) is 43.4 Å². The summed E-state index contributed by atoms with van der Waals surface area (Å²) in [4.78, 5) is 5.16. The van der Waals surface area contributed by atoms with Crippen molar-refractivity contribution in [3.8, 4) is 11.5 Å². The smallest absolute Gasteiger partial charge is 0.180 e. The number of hydrogen-bond acceptors (Lipinski definition) is 5. The Bertz CT molecular complexity index is 799. The zero-order valence-electron chi connectivity index (χ0n) is 14.3. The lowest BCUT2D eigenvalue weighted by atomic mass is 10.2. The number of rotatable bonds is 8. The second-order valence-corrected chi connectivity index (χ2v) is 6.88. The van der Waals surface area contributed by atoms with Crippen LogP contribution < -0.4 is 14.8 Å². The lowest BCUT2D eigenvalue weighted by molar-refractivity contribution is 0.287. The van der Waals surface area contributed by atoms with Gasteiger partial charge in [0, 0.05) is 30.4 Å². The van der Waals surface area contributed by atoms with Crippen molar-refractivity contribution in [2.75, 3.05) is 7.11 Å². The van der Waals surface area contributed by atoms with Crippen LogP contribution in [0.5, 0.6) is 11.5 Å². The standard InChI is InChI=1S/C19H19ClN2O2S.ClH/c1-23-18-10-15(12-22-11-14-4-6-21-7-5-14)9-17(20)19(18)24-13-16-3-2-8-25-16;/h2-10,22H,11-13H2,1H3;1H. The van der Waals surface area contributed by atoms with Crippen LogP contribution in [0.25, 0.3) is 0 Å². The Labute approximate surface area is 168 Å². The van der Waals surface area contributed by atoms with Gasteiger partial charge in [-0.2, -0.15) is 0 Å². The maximum Gasteiger partial charge on any atom is 0.180 e. The van der Waals surface area contributed by atoms with Crippen molar-refractivity contribution in [3.63, 3.8) is 0 Å². The van der Waals surface area contributed by atoms with E-state index in [0.717, 1.165) is 17.0 Å². The third kappa shape index (κ3) is 5.61. The van der Waals surface area contributed by atoms with Crippen LogP contribution in [0.1, 0.15) is 16.0 Å². The van der Waals surface area contributed by atoms with Crippen LogP contribution >= 0.6 is 35.3 Å². The van der Waals surface area contributed by atoms with Crippen LogP contribution in [-0.2, 0) is 19.7 Å². The SMILES string of the molecule is COc1cc(CNCc2ccncc2)cc(Cl)c1OCc1cccs1.Cl. The average molecular weight is 411 g/mol. The van der Waals surface area contributed by atoms with Gasteiger partial charge in [0.2, 0.25) is 0 Å². The minimum Gasteiger partial charge on any atom is -0.493 e. The molecule has 1 N–H and O–H groups in total. The summed E-state index contributed by atoms with van der Waals surface area (Å²) in [5, 5.41) is 5.96. The van der Waals surface area contributed by atoms with Crippen molar-refractivity contribution in [2.45, 2.75) is 19.7 Å². The fourth-order valence-electron chi connectivity index (χ4n) is 2.41. The summed E-state index contributed by atoms with van der Waals surface area (Å²) in [5.74, 6) is 1.22. The number of benzene rings is 1. The molecule has 26 heavy (non-hydrogen) atoms. The van der Waals surface area contributed by atoms with Crippen molar-refractivity contribution in [3.05, 3.63) is 75.2 Å². The van der Waals surface area contributed by atoms with Gasteiger partial charge in [-0.05, 0) is 46.8 Å². The molecule has 3 aromatic rings. The van der Waals surface area contributed by atoms with Gasteiger partial charge in [0.1, 0.15) is 6.61 Å². The van der Waals surface area contributed by atoms with Crippen LogP contribution in [0.3, 0.4) is 0 Å². The van der Waals surface area contributed by atoms with Gasteiger partial charge in [-0.25, -0.2) is 0 Å². The molecule has 2 aromatic heterocycles. The van der Waals surface area contributed by atoms with E-state index in [9.17, 15) is 0 Å². The van der Waals surface area contributed by atoms with E-state index in [1.807, 2.05) is 41.8 Å². The third-order valence-corrected chi connectivity index (χ3v) is 4.77.